The van der Waals surface area contributed by atoms with Crippen molar-refractivity contribution in [2.75, 3.05) is 13.2 Å². The lowest BCUT2D eigenvalue weighted by Crippen LogP contribution is -2.41. The number of nitrogens with zero attached hydrogens (tertiary/aromatic N) is 3. The molecular weight excluding hydrogens is 264 g/mol. The van der Waals surface area contributed by atoms with Crippen molar-refractivity contribution in [3.05, 3.63) is 5.95 Å². The van der Waals surface area contributed by atoms with Crippen LogP contribution in [0.4, 0.5) is 4.39 Å². The van der Waals surface area contributed by atoms with Gasteiger partial charge in [0.1, 0.15) is 0 Å². The van der Waals surface area contributed by atoms with Crippen LogP contribution in [-0.2, 0) is 14.0 Å². The lowest BCUT2D eigenvalue weighted by Gasteiger charge is -2.32. The van der Waals surface area contributed by atoms with Gasteiger partial charge in [-0.3, -0.25) is 0 Å². The molecule has 2 fully saturated rings. The predicted molar refractivity (Wildman–Crippen MR) is 70.2 cm³/mol. The zero-order valence-corrected chi connectivity index (χ0v) is 12.2. The normalized spacial score (nSPS) is 28.2. The van der Waals surface area contributed by atoms with Gasteiger partial charge in [0.25, 0.3) is 0 Å². The molecule has 0 amide bonds. The molecule has 0 aliphatic carbocycles. The van der Waals surface area contributed by atoms with E-state index in [0.717, 1.165) is 6.42 Å². The van der Waals surface area contributed by atoms with Crippen LogP contribution in [0.3, 0.4) is 0 Å². The molecular formula is C12H19BFN3O3. The third kappa shape index (κ3) is 2.06. The molecule has 3 rings (SSSR count). The van der Waals surface area contributed by atoms with Crippen LogP contribution in [0.1, 0.15) is 40.2 Å². The summed E-state index contributed by atoms with van der Waals surface area (Å²) in [6.07, 6.45) is 0.739. The second-order valence-corrected chi connectivity index (χ2v) is 6.32. The Bertz CT molecular complexity index is 498. The molecule has 2 aliphatic rings. The lowest BCUT2D eigenvalue weighted by atomic mass is 9.85. The van der Waals surface area contributed by atoms with Crippen molar-refractivity contribution in [3.63, 3.8) is 0 Å². The van der Waals surface area contributed by atoms with Gasteiger partial charge in [0.05, 0.1) is 23.9 Å². The Kier molecular flexibility index (Phi) is 3.15. The molecule has 1 atom stereocenters. The predicted octanol–water partition coefficient (Wildman–Crippen LogP) is 0.678. The van der Waals surface area contributed by atoms with Gasteiger partial charge in [-0.25, -0.2) is 4.68 Å². The van der Waals surface area contributed by atoms with E-state index in [1.807, 2.05) is 27.7 Å². The molecule has 2 aliphatic heterocycles. The quantitative estimate of drug-likeness (QED) is 0.747. The molecule has 0 aromatic carbocycles. The summed E-state index contributed by atoms with van der Waals surface area (Å²) < 4.78 is 32.6. The summed E-state index contributed by atoms with van der Waals surface area (Å²) in [5, 5.41) is 7.80. The fourth-order valence-electron chi connectivity index (χ4n) is 2.34. The summed E-state index contributed by atoms with van der Waals surface area (Å²) in [6, 6.07) is -0.0985. The number of hydrogen-bond donors (Lipinski definition) is 0. The molecule has 1 aromatic heterocycles. The van der Waals surface area contributed by atoms with Crippen LogP contribution in [0.5, 0.6) is 0 Å². The maximum absolute atomic E-state index is 14.5. The van der Waals surface area contributed by atoms with Crippen LogP contribution >= 0.6 is 0 Å². The minimum absolute atomic E-state index is 0.0985. The topological polar surface area (TPSA) is 58.4 Å². The Morgan fingerprint density at radius 1 is 1.25 bits per heavy atom. The van der Waals surface area contributed by atoms with Gasteiger partial charge in [-0.2, -0.15) is 4.39 Å². The van der Waals surface area contributed by atoms with Gasteiger partial charge < -0.3 is 14.0 Å². The molecule has 0 radical (unpaired) electrons. The van der Waals surface area contributed by atoms with Crippen LogP contribution in [-0.4, -0.2) is 46.5 Å². The highest BCUT2D eigenvalue weighted by molar-refractivity contribution is 6.61. The van der Waals surface area contributed by atoms with E-state index in [0.29, 0.717) is 13.2 Å². The highest BCUT2D eigenvalue weighted by Crippen LogP contribution is 2.36. The van der Waals surface area contributed by atoms with E-state index in [-0.39, 0.29) is 11.6 Å². The monoisotopic (exact) mass is 283 g/mol. The van der Waals surface area contributed by atoms with E-state index in [1.54, 1.807) is 0 Å². The van der Waals surface area contributed by atoms with Crippen LogP contribution in [0.2, 0.25) is 0 Å². The van der Waals surface area contributed by atoms with Crippen molar-refractivity contribution >= 4 is 12.7 Å². The van der Waals surface area contributed by atoms with E-state index in [4.69, 9.17) is 14.0 Å². The first kappa shape index (κ1) is 14.0. The Hall–Kier alpha value is -0.985. The second kappa shape index (κ2) is 4.51. The third-order valence-electron chi connectivity index (χ3n) is 4.39. The number of ether oxygens (including phenoxy) is 1. The molecule has 0 spiro atoms. The standard InChI is InChI=1S/C12H19BFN3O3/c1-11(2)12(3,4)20-13(19-11)9-10(14)17(16-15-9)8-5-6-18-7-8/h8H,5-7H2,1-4H3. The van der Waals surface area contributed by atoms with E-state index < -0.39 is 24.3 Å². The minimum Gasteiger partial charge on any atom is -0.398 e. The average molecular weight is 283 g/mol. The summed E-state index contributed by atoms with van der Waals surface area (Å²) in [5.74, 6) is -0.501. The zero-order chi connectivity index (χ0) is 14.5. The van der Waals surface area contributed by atoms with Crippen LogP contribution in [0, 0.1) is 5.95 Å². The van der Waals surface area contributed by atoms with Crippen molar-refractivity contribution in [1.82, 2.24) is 15.0 Å². The summed E-state index contributed by atoms with van der Waals surface area (Å²) >= 11 is 0. The largest absolute Gasteiger partial charge is 0.521 e. The first-order chi connectivity index (χ1) is 9.32. The second-order valence-electron chi connectivity index (χ2n) is 6.32. The number of rotatable bonds is 2. The Labute approximate surface area is 117 Å². The summed E-state index contributed by atoms with van der Waals surface area (Å²) in [7, 11) is -0.823. The maximum atomic E-state index is 14.5. The van der Waals surface area contributed by atoms with Gasteiger partial charge in [-0.1, -0.05) is 5.21 Å². The van der Waals surface area contributed by atoms with Crippen LogP contribution < -0.4 is 5.59 Å². The highest BCUT2D eigenvalue weighted by atomic mass is 19.1. The fourth-order valence-corrected chi connectivity index (χ4v) is 2.34. The summed E-state index contributed by atoms with van der Waals surface area (Å²) in [6.45, 7) is 8.75. The number of hydrogen-bond acceptors (Lipinski definition) is 5. The molecule has 6 nitrogen and oxygen atoms in total. The summed E-state index contributed by atoms with van der Waals surface area (Å²) in [5.41, 5.74) is -0.940. The maximum Gasteiger partial charge on any atom is 0.521 e. The first-order valence-electron chi connectivity index (χ1n) is 6.86. The molecule has 3 heterocycles. The summed E-state index contributed by atoms with van der Waals surface area (Å²) in [4.78, 5) is 0. The van der Waals surface area contributed by atoms with Crippen molar-refractivity contribution in [3.8, 4) is 0 Å². The molecule has 1 aromatic rings. The van der Waals surface area contributed by atoms with Crippen LogP contribution in [0.25, 0.3) is 0 Å². The van der Waals surface area contributed by atoms with Gasteiger partial charge in [-0.05, 0) is 34.1 Å². The van der Waals surface area contributed by atoms with Crippen molar-refractivity contribution in [1.29, 1.82) is 0 Å². The van der Waals surface area contributed by atoms with Gasteiger partial charge in [0, 0.05) is 6.61 Å². The van der Waals surface area contributed by atoms with Gasteiger partial charge >= 0.3 is 7.12 Å². The SMILES string of the molecule is CC1(C)OB(c2nnn(C3CCOC3)c2F)OC1(C)C. The van der Waals surface area contributed by atoms with E-state index >= 15 is 0 Å². The van der Waals surface area contributed by atoms with E-state index in [2.05, 4.69) is 10.3 Å². The average Bonchev–Trinajstić information content (AvgIpc) is 2.99. The number of halogens is 1. The van der Waals surface area contributed by atoms with Crippen molar-refractivity contribution in [2.45, 2.75) is 51.4 Å². The van der Waals surface area contributed by atoms with Gasteiger partial charge in [-0.15, -0.1) is 5.10 Å². The van der Waals surface area contributed by atoms with Crippen molar-refractivity contribution < 1.29 is 18.4 Å². The fraction of sp³-hybridized carbons (Fsp3) is 0.833. The van der Waals surface area contributed by atoms with Crippen LogP contribution in [0.15, 0.2) is 0 Å². The highest BCUT2D eigenvalue weighted by Gasteiger charge is 2.54. The van der Waals surface area contributed by atoms with E-state index in [1.165, 1.54) is 4.68 Å². The molecule has 8 heteroatoms. The van der Waals surface area contributed by atoms with E-state index in [9.17, 15) is 4.39 Å². The number of aromatic nitrogens is 3. The molecule has 0 saturated carbocycles. The minimum atomic E-state index is -0.823. The Morgan fingerprint density at radius 2 is 1.90 bits per heavy atom. The third-order valence-corrected chi connectivity index (χ3v) is 4.39. The molecule has 1 unspecified atom stereocenters. The van der Waals surface area contributed by atoms with Gasteiger partial charge in [0.2, 0.25) is 5.95 Å². The smallest absolute Gasteiger partial charge is 0.398 e. The van der Waals surface area contributed by atoms with Gasteiger partial charge in [0.15, 0.2) is 5.59 Å². The Balaban J connectivity index is 1.86. The molecule has 2 saturated heterocycles. The molecule has 0 N–H and O–H groups in total. The lowest BCUT2D eigenvalue weighted by molar-refractivity contribution is 0.00578. The first-order valence-corrected chi connectivity index (χ1v) is 6.86. The molecule has 20 heavy (non-hydrogen) atoms. The molecule has 0 bridgehead atoms. The molecule has 110 valence electrons. The Morgan fingerprint density at radius 3 is 2.45 bits per heavy atom. The zero-order valence-electron chi connectivity index (χ0n) is 12.2. The van der Waals surface area contributed by atoms with Crippen molar-refractivity contribution in [2.24, 2.45) is 0 Å².